The Kier molecular flexibility index (Phi) is 7.86. The van der Waals surface area contributed by atoms with Gasteiger partial charge in [0.2, 0.25) is 5.91 Å². The molecule has 1 fully saturated rings. The van der Waals surface area contributed by atoms with Crippen LogP contribution in [-0.4, -0.2) is 51.7 Å². The molecule has 0 bridgehead atoms. The molecule has 38 heavy (non-hydrogen) atoms. The van der Waals surface area contributed by atoms with E-state index in [1.807, 2.05) is 18.2 Å². The molecule has 0 spiro atoms. The first-order valence-electron chi connectivity index (χ1n) is 12.2. The molecule has 1 aliphatic heterocycles. The summed E-state index contributed by atoms with van der Waals surface area (Å²) in [6.45, 7) is 0.581. The summed E-state index contributed by atoms with van der Waals surface area (Å²) in [5.41, 5.74) is 2.07. The Balaban J connectivity index is 1.32. The molecule has 4 aromatic rings. The lowest BCUT2D eigenvalue weighted by atomic mass is 10.2. The summed E-state index contributed by atoms with van der Waals surface area (Å²) in [6, 6.07) is 16.9. The highest BCUT2D eigenvalue weighted by atomic mass is 35.5. The molecule has 1 atom stereocenters. The molecule has 0 unspecified atom stereocenters. The number of ether oxygens (including phenoxy) is 2. The smallest absolute Gasteiger partial charge is 0.248 e. The van der Waals surface area contributed by atoms with Gasteiger partial charge in [-0.2, -0.15) is 0 Å². The first kappa shape index (κ1) is 25.7. The number of aliphatic hydroxyl groups is 1. The Hall–Kier alpha value is -3.95. The second-order valence-electron chi connectivity index (χ2n) is 8.91. The van der Waals surface area contributed by atoms with Gasteiger partial charge in [-0.15, -0.1) is 0 Å². The molecule has 0 aliphatic carbocycles. The van der Waals surface area contributed by atoms with E-state index in [1.165, 1.54) is 18.5 Å². The quantitative estimate of drug-likeness (QED) is 0.307. The van der Waals surface area contributed by atoms with Crippen molar-refractivity contribution in [1.29, 1.82) is 0 Å². The fourth-order valence-electron chi connectivity index (χ4n) is 4.53. The normalized spacial score (nSPS) is 15.0. The van der Waals surface area contributed by atoms with Gasteiger partial charge in [-0.3, -0.25) is 4.79 Å². The molecule has 3 aromatic carbocycles. The summed E-state index contributed by atoms with van der Waals surface area (Å²) in [7, 11) is 0. The Morgan fingerprint density at radius 1 is 1.11 bits per heavy atom. The summed E-state index contributed by atoms with van der Waals surface area (Å²) in [6.07, 6.45) is 3.14. The Morgan fingerprint density at radius 3 is 2.79 bits per heavy atom. The van der Waals surface area contributed by atoms with Crippen molar-refractivity contribution in [2.45, 2.75) is 25.5 Å². The number of rotatable bonds is 9. The largest absolute Gasteiger partial charge is 0.491 e. The highest BCUT2D eigenvalue weighted by Crippen LogP contribution is 2.34. The van der Waals surface area contributed by atoms with E-state index in [9.17, 15) is 14.3 Å². The van der Waals surface area contributed by atoms with Gasteiger partial charge < -0.3 is 24.8 Å². The molecule has 0 radical (unpaired) electrons. The van der Waals surface area contributed by atoms with Crippen LogP contribution in [0.15, 0.2) is 67.0 Å². The topological polar surface area (TPSA) is 96.8 Å². The Labute approximate surface area is 224 Å². The third-order valence-electron chi connectivity index (χ3n) is 6.37. The molecule has 8 nitrogen and oxygen atoms in total. The fraction of sp³-hybridized carbons (Fsp3) is 0.250. The number of carbonyl (C=O) groups excluding carboxylic acids is 1. The SMILES string of the molecule is O=C(CO)N1CCC[C@H]1COc1cccc2ncnc(Nc3ccc(OCc4cccc(F)c4)c(Cl)c3)c12. The molecular weight excluding hydrogens is 511 g/mol. The van der Waals surface area contributed by atoms with E-state index in [-0.39, 0.29) is 24.4 Å². The van der Waals surface area contributed by atoms with E-state index in [0.717, 1.165) is 12.8 Å². The second kappa shape index (κ2) is 11.6. The van der Waals surface area contributed by atoms with E-state index >= 15 is 0 Å². The number of hydrogen-bond donors (Lipinski definition) is 2. The summed E-state index contributed by atoms with van der Waals surface area (Å²) in [5.74, 6) is 0.966. The van der Waals surface area contributed by atoms with Gasteiger partial charge in [-0.1, -0.05) is 29.8 Å². The van der Waals surface area contributed by atoms with Crippen molar-refractivity contribution in [1.82, 2.24) is 14.9 Å². The number of amides is 1. The van der Waals surface area contributed by atoms with Gasteiger partial charge in [0.15, 0.2) is 0 Å². The van der Waals surface area contributed by atoms with Crippen LogP contribution in [0.4, 0.5) is 15.9 Å². The maximum absolute atomic E-state index is 13.4. The number of aliphatic hydroxyl groups excluding tert-OH is 1. The van der Waals surface area contributed by atoms with E-state index in [2.05, 4.69) is 15.3 Å². The number of aromatic nitrogens is 2. The molecule has 0 saturated carbocycles. The zero-order valence-electron chi connectivity index (χ0n) is 20.4. The zero-order valence-corrected chi connectivity index (χ0v) is 21.2. The Bertz CT molecular complexity index is 1450. The van der Waals surface area contributed by atoms with Gasteiger partial charge in [-0.25, -0.2) is 14.4 Å². The van der Waals surface area contributed by atoms with E-state index in [1.54, 1.807) is 35.2 Å². The fourth-order valence-corrected chi connectivity index (χ4v) is 4.76. The zero-order chi connectivity index (χ0) is 26.5. The molecule has 2 heterocycles. The van der Waals surface area contributed by atoms with Gasteiger partial charge in [0.1, 0.15) is 49.3 Å². The first-order chi connectivity index (χ1) is 18.5. The number of likely N-dealkylation sites (tertiary alicyclic amines) is 1. The van der Waals surface area contributed by atoms with Crippen LogP contribution in [0.3, 0.4) is 0 Å². The van der Waals surface area contributed by atoms with E-state index in [0.29, 0.717) is 57.6 Å². The van der Waals surface area contributed by atoms with E-state index in [4.69, 9.17) is 21.1 Å². The third kappa shape index (κ3) is 5.79. The molecule has 10 heteroatoms. The van der Waals surface area contributed by atoms with Crippen LogP contribution in [0.2, 0.25) is 5.02 Å². The van der Waals surface area contributed by atoms with Crippen LogP contribution in [0, 0.1) is 5.82 Å². The lowest BCUT2D eigenvalue weighted by molar-refractivity contribution is -0.135. The second-order valence-corrected chi connectivity index (χ2v) is 9.32. The number of nitrogens with one attached hydrogen (secondary N) is 1. The predicted octanol–water partition coefficient (Wildman–Crippen LogP) is 5.11. The van der Waals surface area contributed by atoms with Gasteiger partial charge in [0, 0.05) is 12.2 Å². The number of carbonyl (C=O) groups is 1. The van der Waals surface area contributed by atoms with Crippen molar-refractivity contribution in [3.05, 3.63) is 83.4 Å². The first-order valence-corrected chi connectivity index (χ1v) is 12.6. The molecule has 5 rings (SSSR count). The average molecular weight is 537 g/mol. The van der Waals surface area contributed by atoms with Crippen molar-refractivity contribution >= 4 is 39.9 Å². The van der Waals surface area contributed by atoms with Gasteiger partial charge in [0.05, 0.1) is 22.0 Å². The molecule has 1 aromatic heterocycles. The highest BCUT2D eigenvalue weighted by Gasteiger charge is 2.29. The van der Waals surface area contributed by atoms with Crippen molar-refractivity contribution in [3.63, 3.8) is 0 Å². The summed E-state index contributed by atoms with van der Waals surface area (Å²) >= 11 is 6.47. The molecule has 2 N–H and O–H groups in total. The van der Waals surface area contributed by atoms with Crippen LogP contribution in [0.5, 0.6) is 11.5 Å². The maximum atomic E-state index is 13.4. The molecule has 1 saturated heterocycles. The molecule has 1 amide bonds. The standard InChI is InChI=1S/C28H26ClFN4O4/c29-22-13-20(9-10-24(22)37-15-18-4-1-5-19(30)12-18)33-28-27-23(31-17-32-28)7-2-8-25(27)38-16-21-6-3-11-34(21)26(36)14-35/h1-2,4-5,7-10,12-13,17,21,35H,3,6,11,14-16H2,(H,31,32,33)/t21-/m0/s1. The average Bonchev–Trinajstić information content (AvgIpc) is 3.40. The lowest BCUT2D eigenvalue weighted by Crippen LogP contribution is -2.40. The maximum Gasteiger partial charge on any atom is 0.248 e. The molecule has 1 aliphatic rings. The van der Waals surface area contributed by atoms with Crippen LogP contribution < -0.4 is 14.8 Å². The van der Waals surface area contributed by atoms with Crippen molar-refractivity contribution in [2.24, 2.45) is 0 Å². The minimum Gasteiger partial charge on any atom is -0.491 e. The van der Waals surface area contributed by atoms with Crippen molar-refractivity contribution in [2.75, 3.05) is 25.1 Å². The number of hydrogen-bond acceptors (Lipinski definition) is 7. The monoisotopic (exact) mass is 536 g/mol. The van der Waals surface area contributed by atoms with Crippen LogP contribution in [0.1, 0.15) is 18.4 Å². The number of benzene rings is 3. The minimum atomic E-state index is -0.510. The molecule has 196 valence electrons. The minimum absolute atomic E-state index is 0.107. The molecular formula is C28H26ClFN4O4. The van der Waals surface area contributed by atoms with E-state index < -0.39 is 6.61 Å². The number of anilines is 2. The van der Waals surface area contributed by atoms with Crippen molar-refractivity contribution in [3.8, 4) is 11.5 Å². The third-order valence-corrected chi connectivity index (χ3v) is 6.66. The lowest BCUT2D eigenvalue weighted by Gasteiger charge is -2.24. The van der Waals surface area contributed by atoms with Gasteiger partial charge in [-0.05, 0) is 60.9 Å². The predicted molar refractivity (Wildman–Crippen MR) is 142 cm³/mol. The summed E-state index contributed by atoms with van der Waals surface area (Å²) in [5, 5.41) is 13.6. The van der Waals surface area contributed by atoms with Crippen LogP contribution in [0.25, 0.3) is 10.9 Å². The number of halogens is 2. The Morgan fingerprint density at radius 2 is 1.97 bits per heavy atom. The summed E-state index contributed by atoms with van der Waals surface area (Å²) in [4.78, 5) is 22.5. The van der Waals surface area contributed by atoms with Crippen LogP contribution >= 0.6 is 11.6 Å². The highest BCUT2D eigenvalue weighted by molar-refractivity contribution is 6.32. The number of fused-ring (bicyclic) bond motifs is 1. The van der Waals surface area contributed by atoms with Gasteiger partial charge >= 0.3 is 0 Å². The van der Waals surface area contributed by atoms with Crippen molar-refractivity contribution < 1.29 is 23.8 Å². The van der Waals surface area contributed by atoms with Gasteiger partial charge in [0.25, 0.3) is 0 Å². The number of nitrogens with zero attached hydrogens (tertiary/aromatic N) is 3. The van der Waals surface area contributed by atoms with Crippen LogP contribution in [-0.2, 0) is 11.4 Å². The summed E-state index contributed by atoms with van der Waals surface area (Å²) < 4.78 is 25.4.